The standard InChI is InChI=1S/C16H13F3N6O2/c1-8-11(12(21)13-14(22-8)25-27-24-13)6-10-3-2-9(7-20)15(23-10)26-5-4-16(17,18)19/h2-3H,4-6,21H2,1H3. The second kappa shape index (κ2) is 7.06. The molecule has 0 aliphatic carbocycles. The second-order valence-corrected chi connectivity index (χ2v) is 5.68. The number of halogens is 3. The Morgan fingerprint density at radius 1 is 1.26 bits per heavy atom. The highest BCUT2D eigenvalue weighted by Crippen LogP contribution is 2.27. The number of rotatable bonds is 5. The number of fused-ring (bicyclic) bond motifs is 1. The number of ether oxygens (including phenoxy) is 1. The third-order valence-electron chi connectivity index (χ3n) is 3.78. The summed E-state index contributed by atoms with van der Waals surface area (Å²) in [6, 6.07) is 4.84. The highest BCUT2D eigenvalue weighted by molar-refractivity contribution is 5.85. The van der Waals surface area contributed by atoms with Gasteiger partial charge in [0.15, 0.2) is 5.52 Å². The van der Waals surface area contributed by atoms with E-state index in [0.29, 0.717) is 28.2 Å². The predicted molar refractivity (Wildman–Crippen MR) is 86.7 cm³/mol. The largest absolute Gasteiger partial charge is 0.476 e. The van der Waals surface area contributed by atoms with Gasteiger partial charge in [0, 0.05) is 23.4 Å². The van der Waals surface area contributed by atoms with E-state index in [0.717, 1.165) is 0 Å². The molecule has 27 heavy (non-hydrogen) atoms. The molecule has 0 fully saturated rings. The van der Waals surface area contributed by atoms with E-state index < -0.39 is 19.2 Å². The Morgan fingerprint density at radius 2 is 2.04 bits per heavy atom. The van der Waals surface area contributed by atoms with E-state index in [1.807, 2.05) is 6.07 Å². The van der Waals surface area contributed by atoms with Crippen LogP contribution in [0, 0.1) is 18.3 Å². The lowest BCUT2D eigenvalue weighted by Crippen LogP contribution is -2.14. The molecule has 0 aliphatic heterocycles. The smallest absolute Gasteiger partial charge is 0.392 e. The van der Waals surface area contributed by atoms with Crippen molar-refractivity contribution in [2.24, 2.45) is 0 Å². The summed E-state index contributed by atoms with van der Waals surface area (Å²) in [6.07, 6.45) is -5.28. The van der Waals surface area contributed by atoms with Crippen molar-refractivity contribution < 1.29 is 22.5 Å². The fraction of sp³-hybridized carbons (Fsp3) is 0.312. The van der Waals surface area contributed by atoms with E-state index in [1.165, 1.54) is 6.07 Å². The molecule has 2 N–H and O–H groups in total. The van der Waals surface area contributed by atoms with Gasteiger partial charge in [-0.1, -0.05) is 0 Å². The molecule has 0 saturated heterocycles. The molecular formula is C16H13F3N6O2. The van der Waals surface area contributed by atoms with Crippen molar-refractivity contribution in [1.29, 1.82) is 5.26 Å². The van der Waals surface area contributed by atoms with Gasteiger partial charge < -0.3 is 10.5 Å². The quantitative estimate of drug-likeness (QED) is 0.719. The minimum absolute atomic E-state index is 0.0416. The minimum atomic E-state index is -4.36. The molecule has 0 unspecified atom stereocenters. The Labute approximate surface area is 150 Å². The number of nitrogen functional groups attached to an aromatic ring is 1. The molecule has 0 radical (unpaired) electrons. The van der Waals surface area contributed by atoms with E-state index in [4.69, 9.17) is 15.7 Å². The van der Waals surface area contributed by atoms with Crippen LogP contribution in [0.2, 0.25) is 0 Å². The predicted octanol–water partition coefficient (Wildman–Crippen LogP) is 2.70. The van der Waals surface area contributed by atoms with Crippen molar-refractivity contribution in [2.45, 2.75) is 25.9 Å². The molecule has 0 saturated carbocycles. The molecular weight excluding hydrogens is 365 g/mol. The van der Waals surface area contributed by atoms with Crippen LogP contribution in [0.4, 0.5) is 18.9 Å². The Balaban J connectivity index is 1.87. The topological polar surface area (TPSA) is 124 Å². The van der Waals surface area contributed by atoms with Crippen LogP contribution >= 0.6 is 0 Å². The number of nitriles is 1. The van der Waals surface area contributed by atoms with E-state index in [-0.39, 0.29) is 23.5 Å². The summed E-state index contributed by atoms with van der Waals surface area (Å²) >= 11 is 0. The third kappa shape index (κ3) is 4.05. The molecule has 0 bridgehead atoms. The molecule has 0 aromatic carbocycles. The van der Waals surface area contributed by atoms with Crippen LogP contribution in [-0.4, -0.2) is 33.1 Å². The van der Waals surface area contributed by atoms with Gasteiger partial charge in [-0.2, -0.15) is 18.4 Å². The lowest BCUT2D eigenvalue weighted by Gasteiger charge is -2.12. The van der Waals surface area contributed by atoms with Gasteiger partial charge in [0.05, 0.1) is 18.7 Å². The highest BCUT2D eigenvalue weighted by Gasteiger charge is 2.27. The van der Waals surface area contributed by atoms with Gasteiger partial charge in [0.25, 0.3) is 0 Å². The van der Waals surface area contributed by atoms with Crippen LogP contribution in [0.5, 0.6) is 5.88 Å². The number of hydrogen-bond donors (Lipinski definition) is 1. The van der Waals surface area contributed by atoms with Gasteiger partial charge >= 0.3 is 6.18 Å². The summed E-state index contributed by atoms with van der Waals surface area (Å²) in [7, 11) is 0. The molecule has 3 heterocycles. The molecule has 140 valence electrons. The van der Waals surface area contributed by atoms with Gasteiger partial charge in [-0.05, 0) is 29.4 Å². The fourth-order valence-electron chi connectivity index (χ4n) is 2.43. The summed E-state index contributed by atoms with van der Waals surface area (Å²) in [4.78, 5) is 8.40. The summed E-state index contributed by atoms with van der Waals surface area (Å²) in [6.45, 7) is 1.10. The van der Waals surface area contributed by atoms with Crippen LogP contribution in [0.25, 0.3) is 11.2 Å². The molecule has 0 aliphatic rings. The first-order valence-corrected chi connectivity index (χ1v) is 7.75. The maximum atomic E-state index is 12.3. The van der Waals surface area contributed by atoms with Crippen molar-refractivity contribution >= 4 is 16.9 Å². The fourth-order valence-corrected chi connectivity index (χ4v) is 2.43. The number of aromatic nitrogens is 4. The first-order valence-electron chi connectivity index (χ1n) is 7.75. The summed E-state index contributed by atoms with van der Waals surface area (Å²) in [5, 5.41) is 16.4. The molecule has 0 spiro atoms. The average Bonchev–Trinajstić information content (AvgIpc) is 3.06. The van der Waals surface area contributed by atoms with Crippen molar-refractivity contribution in [3.63, 3.8) is 0 Å². The molecule has 3 aromatic heterocycles. The average molecular weight is 378 g/mol. The summed E-state index contributed by atoms with van der Waals surface area (Å²) < 4.78 is 46.6. The van der Waals surface area contributed by atoms with Crippen LogP contribution in [-0.2, 0) is 6.42 Å². The maximum absolute atomic E-state index is 12.3. The number of pyridine rings is 2. The molecule has 8 nitrogen and oxygen atoms in total. The van der Waals surface area contributed by atoms with Crippen LogP contribution in [0.1, 0.15) is 28.9 Å². The number of anilines is 1. The highest BCUT2D eigenvalue weighted by atomic mass is 19.4. The molecule has 0 atom stereocenters. The minimum Gasteiger partial charge on any atom is -0.476 e. The number of hydrogen-bond acceptors (Lipinski definition) is 8. The summed E-state index contributed by atoms with van der Waals surface area (Å²) in [5.74, 6) is -0.160. The zero-order valence-electron chi connectivity index (χ0n) is 14.0. The molecule has 3 rings (SSSR count). The lowest BCUT2D eigenvalue weighted by molar-refractivity contribution is -0.139. The van der Waals surface area contributed by atoms with Gasteiger partial charge in [-0.3, -0.25) is 0 Å². The molecule has 3 aromatic rings. The van der Waals surface area contributed by atoms with Crippen molar-refractivity contribution in [3.8, 4) is 11.9 Å². The first kappa shape index (κ1) is 18.4. The molecule has 11 heteroatoms. The first-order chi connectivity index (χ1) is 12.8. The van der Waals surface area contributed by atoms with Crippen LogP contribution in [0.3, 0.4) is 0 Å². The molecule has 0 amide bonds. The Hall–Kier alpha value is -3.42. The lowest BCUT2D eigenvalue weighted by atomic mass is 10.0. The van der Waals surface area contributed by atoms with Crippen molar-refractivity contribution in [3.05, 3.63) is 34.6 Å². The van der Waals surface area contributed by atoms with Crippen molar-refractivity contribution in [2.75, 3.05) is 12.3 Å². The Kier molecular flexibility index (Phi) is 4.81. The zero-order valence-corrected chi connectivity index (χ0v) is 14.0. The van der Waals surface area contributed by atoms with Crippen LogP contribution < -0.4 is 10.5 Å². The Morgan fingerprint density at radius 3 is 2.74 bits per heavy atom. The van der Waals surface area contributed by atoms with E-state index in [9.17, 15) is 13.2 Å². The van der Waals surface area contributed by atoms with E-state index in [2.05, 4.69) is 24.9 Å². The van der Waals surface area contributed by atoms with Gasteiger partial charge in [-0.15, -0.1) is 0 Å². The second-order valence-electron chi connectivity index (χ2n) is 5.68. The third-order valence-corrected chi connectivity index (χ3v) is 3.78. The van der Waals surface area contributed by atoms with Crippen LogP contribution in [0.15, 0.2) is 16.8 Å². The Bertz CT molecular complexity index is 1030. The normalized spacial score (nSPS) is 11.5. The summed E-state index contributed by atoms with van der Waals surface area (Å²) in [5.41, 5.74) is 8.70. The number of alkyl halides is 3. The van der Waals surface area contributed by atoms with Gasteiger partial charge in [0.1, 0.15) is 11.6 Å². The SMILES string of the molecule is Cc1nc2nonc2c(N)c1Cc1ccc(C#N)c(OCCC(F)(F)F)n1. The van der Waals surface area contributed by atoms with E-state index in [1.54, 1.807) is 13.0 Å². The number of nitrogens with two attached hydrogens (primary N) is 1. The number of aryl methyl sites for hydroxylation is 1. The van der Waals surface area contributed by atoms with Gasteiger partial charge in [0.2, 0.25) is 11.5 Å². The van der Waals surface area contributed by atoms with Gasteiger partial charge in [-0.25, -0.2) is 14.6 Å². The number of nitrogens with zero attached hydrogens (tertiary/aromatic N) is 5. The van der Waals surface area contributed by atoms with Crippen molar-refractivity contribution in [1.82, 2.24) is 20.3 Å². The van der Waals surface area contributed by atoms with E-state index >= 15 is 0 Å². The zero-order chi connectivity index (χ0) is 19.6. The maximum Gasteiger partial charge on any atom is 0.392 e. The monoisotopic (exact) mass is 378 g/mol.